The van der Waals surface area contributed by atoms with Gasteiger partial charge in [0.1, 0.15) is 5.76 Å². The Kier molecular flexibility index (Phi) is 5.57. The number of ether oxygens (including phenoxy) is 1. The number of esters is 1. The van der Waals surface area contributed by atoms with Gasteiger partial charge in [0, 0.05) is 6.54 Å². The highest BCUT2D eigenvalue weighted by Gasteiger charge is 2.21. The second-order valence-electron chi connectivity index (χ2n) is 5.04. The van der Waals surface area contributed by atoms with Gasteiger partial charge in [0.15, 0.2) is 0 Å². The standard InChI is InChI=1S/C14H23NO4/c1-5-8-14(3,17)9-15-10(2)11-6-7-12(19-11)13(16)18-4/h6-7,10,15,17H,5,8-9H2,1-4H3. The highest BCUT2D eigenvalue weighted by atomic mass is 16.5. The van der Waals surface area contributed by atoms with E-state index in [1.807, 2.05) is 13.8 Å². The topological polar surface area (TPSA) is 71.7 Å². The van der Waals surface area contributed by atoms with Gasteiger partial charge < -0.3 is 19.6 Å². The van der Waals surface area contributed by atoms with Gasteiger partial charge in [0.25, 0.3) is 0 Å². The Hall–Kier alpha value is -1.33. The molecule has 0 fully saturated rings. The SMILES string of the molecule is CCCC(C)(O)CNC(C)c1ccc(C(=O)OC)o1. The molecule has 0 aromatic carbocycles. The molecular formula is C14H23NO4. The summed E-state index contributed by atoms with van der Waals surface area (Å²) >= 11 is 0. The van der Waals surface area contributed by atoms with Crippen molar-refractivity contribution in [3.63, 3.8) is 0 Å². The van der Waals surface area contributed by atoms with Crippen LogP contribution in [0.3, 0.4) is 0 Å². The van der Waals surface area contributed by atoms with Crippen LogP contribution in [0.2, 0.25) is 0 Å². The number of methoxy groups -OCH3 is 1. The first-order valence-electron chi connectivity index (χ1n) is 6.53. The lowest BCUT2D eigenvalue weighted by Gasteiger charge is -2.24. The molecule has 5 heteroatoms. The molecule has 0 spiro atoms. The number of aliphatic hydroxyl groups is 1. The van der Waals surface area contributed by atoms with Crippen molar-refractivity contribution in [3.05, 3.63) is 23.7 Å². The summed E-state index contributed by atoms with van der Waals surface area (Å²) in [4.78, 5) is 11.3. The van der Waals surface area contributed by atoms with Crippen molar-refractivity contribution in [2.24, 2.45) is 0 Å². The minimum atomic E-state index is -0.735. The average molecular weight is 269 g/mol. The second-order valence-corrected chi connectivity index (χ2v) is 5.04. The van der Waals surface area contributed by atoms with Crippen molar-refractivity contribution in [2.75, 3.05) is 13.7 Å². The summed E-state index contributed by atoms with van der Waals surface area (Å²) < 4.78 is 9.99. The number of furan rings is 1. The second kappa shape index (κ2) is 6.73. The fourth-order valence-corrected chi connectivity index (χ4v) is 1.90. The van der Waals surface area contributed by atoms with Crippen LogP contribution in [0.5, 0.6) is 0 Å². The molecule has 1 aromatic heterocycles. The molecule has 0 aliphatic rings. The number of hydrogen-bond acceptors (Lipinski definition) is 5. The Morgan fingerprint density at radius 2 is 2.26 bits per heavy atom. The van der Waals surface area contributed by atoms with Gasteiger partial charge in [-0.25, -0.2) is 4.79 Å². The van der Waals surface area contributed by atoms with Gasteiger partial charge in [0.2, 0.25) is 5.76 Å². The van der Waals surface area contributed by atoms with E-state index in [1.165, 1.54) is 7.11 Å². The average Bonchev–Trinajstić information content (AvgIpc) is 2.84. The van der Waals surface area contributed by atoms with Gasteiger partial charge in [0.05, 0.1) is 18.8 Å². The molecule has 0 amide bonds. The van der Waals surface area contributed by atoms with E-state index in [-0.39, 0.29) is 11.8 Å². The third-order valence-corrected chi connectivity index (χ3v) is 3.02. The lowest BCUT2D eigenvalue weighted by atomic mass is 10.0. The Balaban J connectivity index is 2.56. The normalized spacial score (nSPS) is 15.8. The molecule has 0 aliphatic carbocycles. The minimum Gasteiger partial charge on any atom is -0.463 e. The quantitative estimate of drug-likeness (QED) is 0.743. The van der Waals surface area contributed by atoms with Crippen LogP contribution in [0.4, 0.5) is 0 Å². The van der Waals surface area contributed by atoms with Crippen LogP contribution in [-0.2, 0) is 4.74 Å². The summed E-state index contributed by atoms with van der Waals surface area (Å²) in [6.07, 6.45) is 1.66. The van der Waals surface area contributed by atoms with Crippen LogP contribution in [0, 0.1) is 0 Å². The zero-order valence-electron chi connectivity index (χ0n) is 12.0. The van der Waals surface area contributed by atoms with E-state index in [4.69, 9.17) is 4.42 Å². The molecule has 2 unspecified atom stereocenters. The van der Waals surface area contributed by atoms with Crippen LogP contribution in [-0.4, -0.2) is 30.3 Å². The monoisotopic (exact) mass is 269 g/mol. The van der Waals surface area contributed by atoms with Crippen molar-refractivity contribution in [1.29, 1.82) is 0 Å². The first-order valence-corrected chi connectivity index (χ1v) is 6.53. The van der Waals surface area contributed by atoms with Crippen LogP contribution in [0.25, 0.3) is 0 Å². The molecule has 1 rings (SSSR count). The first kappa shape index (κ1) is 15.7. The van der Waals surface area contributed by atoms with E-state index in [0.717, 1.165) is 12.8 Å². The Morgan fingerprint density at radius 3 is 2.84 bits per heavy atom. The van der Waals surface area contributed by atoms with E-state index < -0.39 is 11.6 Å². The van der Waals surface area contributed by atoms with Gasteiger partial charge in [-0.1, -0.05) is 13.3 Å². The highest BCUT2D eigenvalue weighted by molar-refractivity contribution is 5.86. The molecule has 0 aliphatic heterocycles. The van der Waals surface area contributed by atoms with Crippen LogP contribution >= 0.6 is 0 Å². The smallest absolute Gasteiger partial charge is 0.373 e. The van der Waals surface area contributed by atoms with Crippen molar-refractivity contribution in [1.82, 2.24) is 5.32 Å². The zero-order chi connectivity index (χ0) is 14.5. The summed E-state index contributed by atoms with van der Waals surface area (Å²) in [7, 11) is 1.31. The summed E-state index contributed by atoms with van der Waals surface area (Å²) in [6.45, 7) is 6.23. The number of nitrogens with one attached hydrogen (secondary N) is 1. The van der Waals surface area contributed by atoms with Gasteiger partial charge >= 0.3 is 5.97 Å². The Bertz CT molecular complexity index is 411. The van der Waals surface area contributed by atoms with Gasteiger partial charge in [-0.05, 0) is 32.4 Å². The lowest BCUT2D eigenvalue weighted by Crippen LogP contribution is -2.38. The summed E-state index contributed by atoms with van der Waals surface area (Å²) in [5, 5.41) is 13.3. The molecule has 0 saturated carbocycles. The van der Waals surface area contributed by atoms with E-state index in [1.54, 1.807) is 19.1 Å². The molecule has 0 bridgehead atoms. The summed E-state index contributed by atoms with van der Waals surface area (Å²) in [5.41, 5.74) is -0.735. The van der Waals surface area contributed by atoms with Crippen LogP contribution in [0.15, 0.2) is 16.5 Å². The highest BCUT2D eigenvalue weighted by Crippen LogP contribution is 2.18. The van der Waals surface area contributed by atoms with Crippen molar-refractivity contribution >= 4 is 5.97 Å². The van der Waals surface area contributed by atoms with Crippen LogP contribution < -0.4 is 5.32 Å². The molecule has 19 heavy (non-hydrogen) atoms. The van der Waals surface area contributed by atoms with E-state index in [9.17, 15) is 9.90 Å². The lowest BCUT2D eigenvalue weighted by molar-refractivity contribution is 0.0464. The molecule has 2 N–H and O–H groups in total. The predicted molar refractivity (Wildman–Crippen MR) is 72.0 cm³/mol. The predicted octanol–water partition coefficient (Wildman–Crippen LogP) is 2.27. The summed E-state index contributed by atoms with van der Waals surface area (Å²) in [6, 6.07) is 3.24. The zero-order valence-corrected chi connectivity index (χ0v) is 12.0. The van der Waals surface area contributed by atoms with E-state index >= 15 is 0 Å². The maximum absolute atomic E-state index is 11.3. The van der Waals surface area contributed by atoms with Crippen molar-refractivity contribution in [2.45, 2.75) is 45.3 Å². The number of carbonyl (C=O) groups is 1. The number of rotatable bonds is 7. The molecule has 2 atom stereocenters. The molecule has 1 aromatic rings. The van der Waals surface area contributed by atoms with E-state index in [0.29, 0.717) is 12.3 Å². The Labute approximate surface area is 113 Å². The molecule has 0 saturated heterocycles. The first-order chi connectivity index (χ1) is 8.89. The molecule has 0 radical (unpaired) electrons. The third-order valence-electron chi connectivity index (χ3n) is 3.02. The Morgan fingerprint density at radius 1 is 1.58 bits per heavy atom. The van der Waals surface area contributed by atoms with E-state index in [2.05, 4.69) is 10.1 Å². The molecular weight excluding hydrogens is 246 g/mol. The molecule has 5 nitrogen and oxygen atoms in total. The minimum absolute atomic E-state index is 0.0817. The fraction of sp³-hybridized carbons (Fsp3) is 0.643. The third kappa shape index (κ3) is 4.69. The van der Waals surface area contributed by atoms with Gasteiger partial charge in [-0.15, -0.1) is 0 Å². The number of carbonyl (C=O) groups excluding carboxylic acids is 1. The summed E-state index contributed by atoms with van der Waals surface area (Å²) in [5.74, 6) is 0.343. The largest absolute Gasteiger partial charge is 0.463 e. The van der Waals surface area contributed by atoms with Gasteiger partial charge in [-0.3, -0.25) is 0 Å². The van der Waals surface area contributed by atoms with Crippen LogP contribution in [0.1, 0.15) is 56.0 Å². The molecule has 1 heterocycles. The van der Waals surface area contributed by atoms with Gasteiger partial charge in [-0.2, -0.15) is 0 Å². The number of hydrogen-bond donors (Lipinski definition) is 2. The maximum Gasteiger partial charge on any atom is 0.373 e. The molecule has 108 valence electrons. The maximum atomic E-state index is 11.3. The van der Waals surface area contributed by atoms with Crippen molar-refractivity contribution < 1.29 is 19.1 Å². The fourth-order valence-electron chi connectivity index (χ4n) is 1.90. The van der Waals surface area contributed by atoms with Crippen molar-refractivity contribution in [3.8, 4) is 0 Å².